The molecule has 1 aliphatic heterocycles. The van der Waals surface area contributed by atoms with Crippen molar-refractivity contribution in [2.45, 2.75) is 51.2 Å². The Bertz CT molecular complexity index is 433. The van der Waals surface area contributed by atoms with Crippen molar-refractivity contribution in [2.24, 2.45) is 5.92 Å². The molecule has 0 saturated carbocycles. The van der Waals surface area contributed by atoms with E-state index >= 15 is 0 Å². The highest BCUT2D eigenvalue weighted by atomic mass is 32.2. The second-order valence-electron chi connectivity index (χ2n) is 5.75. The molecule has 2 atom stereocenters. The molecule has 0 aromatic heterocycles. The quantitative estimate of drug-likeness (QED) is 0.840. The Balaban J connectivity index is 2.30. The van der Waals surface area contributed by atoms with Crippen LogP contribution in [-0.4, -0.2) is 18.4 Å². The summed E-state index contributed by atoms with van der Waals surface area (Å²) in [6, 6.07) is 7.05. The Hall–Kier alpha value is -0.670. The molecule has 0 aliphatic carbocycles. The van der Waals surface area contributed by atoms with Gasteiger partial charge in [-0.3, -0.25) is 0 Å². The third kappa shape index (κ3) is 3.50. The minimum atomic E-state index is 0.448. The van der Waals surface area contributed by atoms with Crippen LogP contribution in [0.5, 0.6) is 5.75 Å². The highest BCUT2D eigenvalue weighted by Gasteiger charge is 2.31. The fourth-order valence-electron chi connectivity index (χ4n) is 2.81. The van der Waals surface area contributed by atoms with Crippen LogP contribution in [0.1, 0.15) is 51.3 Å². The van der Waals surface area contributed by atoms with Crippen LogP contribution in [0.3, 0.4) is 0 Å². The van der Waals surface area contributed by atoms with Gasteiger partial charge < -0.3 is 10.1 Å². The summed E-state index contributed by atoms with van der Waals surface area (Å²) >= 11 is 2.09. The van der Waals surface area contributed by atoms with Gasteiger partial charge in [-0.15, -0.1) is 0 Å². The van der Waals surface area contributed by atoms with Crippen molar-refractivity contribution in [1.82, 2.24) is 5.32 Å². The van der Waals surface area contributed by atoms with Crippen LogP contribution in [0, 0.1) is 5.92 Å². The number of ether oxygens (including phenoxy) is 1. The van der Waals surface area contributed by atoms with Gasteiger partial charge in [-0.25, -0.2) is 0 Å². The van der Waals surface area contributed by atoms with Gasteiger partial charge in [0.1, 0.15) is 5.75 Å². The molecule has 0 bridgehead atoms. The first-order valence-corrected chi connectivity index (χ1v) is 8.82. The minimum Gasteiger partial charge on any atom is -0.494 e. The van der Waals surface area contributed by atoms with E-state index < -0.39 is 0 Å². The number of rotatable bonds is 6. The van der Waals surface area contributed by atoms with Crippen molar-refractivity contribution < 1.29 is 4.74 Å². The summed E-state index contributed by atoms with van der Waals surface area (Å²) in [5, 5.41) is 4.40. The number of nitrogens with one attached hydrogen (secondary N) is 1. The molecule has 1 aliphatic rings. The second-order valence-corrected chi connectivity index (χ2v) is 6.91. The molecular formula is C17H27NOS. The van der Waals surface area contributed by atoms with Crippen LogP contribution in [0.15, 0.2) is 18.2 Å². The van der Waals surface area contributed by atoms with Crippen molar-refractivity contribution in [3.8, 4) is 5.75 Å². The van der Waals surface area contributed by atoms with Gasteiger partial charge in [0.05, 0.1) is 6.61 Å². The van der Waals surface area contributed by atoms with E-state index in [1.165, 1.54) is 17.5 Å². The van der Waals surface area contributed by atoms with E-state index in [1.807, 2.05) is 6.92 Å². The Morgan fingerprint density at radius 1 is 1.35 bits per heavy atom. The van der Waals surface area contributed by atoms with Crippen LogP contribution in [-0.2, 0) is 5.75 Å². The van der Waals surface area contributed by atoms with Crippen LogP contribution >= 0.6 is 11.8 Å². The zero-order valence-electron chi connectivity index (χ0n) is 13.1. The molecule has 3 heteroatoms. The van der Waals surface area contributed by atoms with E-state index in [9.17, 15) is 0 Å². The van der Waals surface area contributed by atoms with E-state index in [4.69, 9.17) is 4.74 Å². The smallest absolute Gasteiger partial charge is 0.119 e. The fraction of sp³-hybridized carbons (Fsp3) is 0.647. The maximum atomic E-state index is 5.69. The molecule has 0 amide bonds. The average molecular weight is 293 g/mol. The van der Waals surface area contributed by atoms with Gasteiger partial charge in [0.2, 0.25) is 0 Å². The molecule has 0 saturated heterocycles. The molecule has 1 N–H and O–H groups in total. The molecule has 1 aromatic carbocycles. The summed E-state index contributed by atoms with van der Waals surface area (Å²) < 4.78 is 5.69. The molecule has 2 unspecified atom stereocenters. The van der Waals surface area contributed by atoms with Gasteiger partial charge in [0, 0.05) is 17.0 Å². The molecular weight excluding hydrogens is 266 g/mol. The minimum absolute atomic E-state index is 0.448. The van der Waals surface area contributed by atoms with Crippen molar-refractivity contribution in [2.75, 3.05) is 13.2 Å². The van der Waals surface area contributed by atoms with E-state index in [0.29, 0.717) is 17.2 Å². The lowest BCUT2D eigenvalue weighted by Crippen LogP contribution is -2.36. The predicted molar refractivity (Wildman–Crippen MR) is 88.6 cm³/mol. The van der Waals surface area contributed by atoms with Gasteiger partial charge in [-0.2, -0.15) is 11.8 Å². The lowest BCUT2D eigenvalue weighted by molar-refractivity contribution is 0.338. The highest BCUT2D eigenvalue weighted by molar-refractivity contribution is 7.99. The van der Waals surface area contributed by atoms with Crippen LogP contribution in [0.4, 0.5) is 0 Å². The zero-order chi connectivity index (χ0) is 14.5. The number of hydrogen-bond acceptors (Lipinski definition) is 3. The molecule has 0 fully saturated rings. The van der Waals surface area contributed by atoms with E-state index in [2.05, 4.69) is 56.0 Å². The van der Waals surface area contributed by atoms with Crippen molar-refractivity contribution in [3.63, 3.8) is 0 Å². The van der Waals surface area contributed by atoms with E-state index in [-0.39, 0.29) is 0 Å². The Labute approximate surface area is 127 Å². The molecule has 1 heterocycles. The largest absolute Gasteiger partial charge is 0.494 e. The molecule has 2 nitrogen and oxygen atoms in total. The van der Waals surface area contributed by atoms with Crippen LogP contribution < -0.4 is 10.1 Å². The first kappa shape index (κ1) is 15.7. The fourth-order valence-corrected chi connectivity index (χ4v) is 4.27. The lowest BCUT2D eigenvalue weighted by Gasteiger charge is -2.36. The summed E-state index contributed by atoms with van der Waals surface area (Å²) in [7, 11) is 0. The number of hydrogen-bond donors (Lipinski definition) is 1. The Morgan fingerprint density at radius 2 is 2.15 bits per heavy atom. The van der Waals surface area contributed by atoms with Gasteiger partial charge in [-0.1, -0.05) is 26.8 Å². The molecule has 2 rings (SSSR count). The molecule has 0 spiro atoms. The summed E-state index contributed by atoms with van der Waals surface area (Å²) in [4.78, 5) is 0. The van der Waals surface area contributed by atoms with Gasteiger partial charge >= 0.3 is 0 Å². The van der Waals surface area contributed by atoms with Gasteiger partial charge in [0.15, 0.2) is 0 Å². The standard InChI is InChI=1S/C17H27NOS/c1-5-9-18-16-15-10-14(19-6-2)8-7-13(15)11-20-17(16)12(3)4/h7-8,10,12,16-18H,5-6,9,11H2,1-4H3. The number of thioether (sulfide) groups is 1. The molecule has 112 valence electrons. The first-order valence-electron chi connectivity index (χ1n) is 7.78. The summed E-state index contributed by atoms with van der Waals surface area (Å²) in [5.74, 6) is 2.80. The van der Waals surface area contributed by atoms with Gasteiger partial charge in [-0.05, 0) is 49.1 Å². The first-order chi connectivity index (χ1) is 9.67. The maximum Gasteiger partial charge on any atom is 0.119 e. The Morgan fingerprint density at radius 3 is 2.80 bits per heavy atom. The van der Waals surface area contributed by atoms with E-state index in [0.717, 1.165) is 24.7 Å². The van der Waals surface area contributed by atoms with Crippen molar-refractivity contribution in [1.29, 1.82) is 0 Å². The lowest BCUT2D eigenvalue weighted by atomic mass is 9.92. The van der Waals surface area contributed by atoms with Crippen LogP contribution in [0.2, 0.25) is 0 Å². The van der Waals surface area contributed by atoms with Crippen LogP contribution in [0.25, 0.3) is 0 Å². The number of fused-ring (bicyclic) bond motifs is 1. The zero-order valence-corrected chi connectivity index (χ0v) is 13.9. The topological polar surface area (TPSA) is 21.3 Å². The average Bonchev–Trinajstić information content (AvgIpc) is 2.44. The van der Waals surface area contributed by atoms with Crippen molar-refractivity contribution in [3.05, 3.63) is 29.3 Å². The number of benzene rings is 1. The van der Waals surface area contributed by atoms with E-state index in [1.54, 1.807) is 0 Å². The second kappa shape index (κ2) is 7.37. The normalized spacial score (nSPS) is 21.9. The third-order valence-corrected chi connectivity index (χ3v) is 5.47. The summed E-state index contributed by atoms with van der Waals surface area (Å²) in [5.41, 5.74) is 2.91. The maximum absolute atomic E-state index is 5.69. The monoisotopic (exact) mass is 293 g/mol. The molecule has 0 radical (unpaired) electrons. The highest BCUT2D eigenvalue weighted by Crippen LogP contribution is 2.42. The summed E-state index contributed by atoms with van der Waals surface area (Å²) in [6.45, 7) is 10.7. The SMILES string of the molecule is CCCNC1c2cc(OCC)ccc2CSC1C(C)C. The van der Waals surface area contributed by atoms with Gasteiger partial charge in [0.25, 0.3) is 0 Å². The Kier molecular flexibility index (Phi) is 5.79. The summed E-state index contributed by atoms with van der Waals surface area (Å²) in [6.07, 6.45) is 1.17. The van der Waals surface area contributed by atoms with Crippen molar-refractivity contribution >= 4 is 11.8 Å². The molecule has 1 aromatic rings. The third-order valence-electron chi connectivity index (χ3n) is 3.79. The predicted octanol–water partition coefficient (Wildman–Crippen LogP) is 4.40. The molecule has 20 heavy (non-hydrogen) atoms.